The number of hydrogen-bond acceptors (Lipinski definition) is 2. The summed E-state index contributed by atoms with van der Waals surface area (Å²) in [5.74, 6) is 1.38. The molecule has 4 heteroatoms. The Hall–Kier alpha value is -2.49. The number of fused-ring (bicyclic) bond motifs is 1. The van der Waals surface area contributed by atoms with E-state index in [1.54, 1.807) is 0 Å². The molecule has 0 bridgehead atoms. The van der Waals surface area contributed by atoms with Gasteiger partial charge in [0.2, 0.25) is 0 Å². The molecule has 0 aromatic carbocycles. The summed E-state index contributed by atoms with van der Waals surface area (Å²) < 4.78 is 6.14. The summed E-state index contributed by atoms with van der Waals surface area (Å²) in [7, 11) is 0. The van der Waals surface area contributed by atoms with E-state index < -0.39 is 0 Å². The highest BCUT2D eigenvalue weighted by molar-refractivity contribution is 6.11. The lowest BCUT2D eigenvalue weighted by Crippen LogP contribution is -2.16. The summed E-state index contributed by atoms with van der Waals surface area (Å²) in [6.45, 7) is 2.93. The van der Waals surface area contributed by atoms with Crippen molar-refractivity contribution in [3.8, 4) is 0 Å². The van der Waals surface area contributed by atoms with Crippen molar-refractivity contribution in [1.29, 1.82) is 0 Å². The third-order valence-corrected chi connectivity index (χ3v) is 5.13. The van der Waals surface area contributed by atoms with Gasteiger partial charge in [0.05, 0.1) is 18.0 Å². The molecule has 0 radical (unpaired) electrons. The van der Waals surface area contributed by atoms with E-state index >= 15 is 0 Å². The van der Waals surface area contributed by atoms with E-state index in [4.69, 9.17) is 9.73 Å². The second-order valence-corrected chi connectivity index (χ2v) is 6.58. The lowest BCUT2D eigenvalue weighted by molar-refractivity contribution is 0.192. The molecule has 4 nitrogen and oxygen atoms in total. The van der Waals surface area contributed by atoms with Gasteiger partial charge in [-0.05, 0) is 55.5 Å². The van der Waals surface area contributed by atoms with E-state index in [2.05, 4.69) is 23.0 Å². The minimum Gasteiger partial charge on any atom is -0.491 e. The first-order chi connectivity index (χ1) is 11.3. The van der Waals surface area contributed by atoms with E-state index in [1.165, 1.54) is 41.8 Å². The fourth-order valence-electron chi connectivity index (χ4n) is 4.04. The van der Waals surface area contributed by atoms with Gasteiger partial charge in [0.15, 0.2) is 0 Å². The summed E-state index contributed by atoms with van der Waals surface area (Å²) in [6.07, 6.45) is 9.75. The van der Waals surface area contributed by atoms with Crippen LogP contribution in [0.1, 0.15) is 47.0 Å². The third kappa shape index (κ3) is 1.94. The van der Waals surface area contributed by atoms with E-state index in [0.29, 0.717) is 5.92 Å². The van der Waals surface area contributed by atoms with Crippen LogP contribution in [0.15, 0.2) is 40.9 Å². The Morgan fingerprint density at radius 3 is 3.13 bits per heavy atom. The van der Waals surface area contributed by atoms with E-state index in [-0.39, 0.29) is 0 Å². The van der Waals surface area contributed by atoms with E-state index in [1.807, 2.05) is 24.4 Å². The number of rotatable bonds is 1. The summed E-state index contributed by atoms with van der Waals surface area (Å²) in [6, 6.07) is 4.03. The van der Waals surface area contributed by atoms with Crippen molar-refractivity contribution in [3.63, 3.8) is 0 Å². The van der Waals surface area contributed by atoms with Crippen LogP contribution in [0, 0.1) is 6.92 Å². The van der Waals surface area contributed by atoms with E-state index in [9.17, 15) is 0 Å². The first-order valence-electron chi connectivity index (χ1n) is 8.30. The molecule has 0 saturated heterocycles. The summed E-state index contributed by atoms with van der Waals surface area (Å²) in [4.78, 5) is 11.6. The van der Waals surface area contributed by atoms with Gasteiger partial charge < -0.3 is 14.7 Å². The zero-order valence-electron chi connectivity index (χ0n) is 13.1. The molecule has 4 heterocycles. The number of allylic oxidation sites excluding steroid dienone is 1. The molecule has 5 rings (SSSR count). The molecule has 1 atom stereocenters. The maximum absolute atomic E-state index is 6.14. The fourth-order valence-corrected chi connectivity index (χ4v) is 4.04. The largest absolute Gasteiger partial charge is 0.491 e. The number of aliphatic imine (C=N–C) groups is 1. The van der Waals surface area contributed by atoms with Crippen LogP contribution >= 0.6 is 0 Å². The van der Waals surface area contributed by atoms with Gasteiger partial charge >= 0.3 is 0 Å². The molecule has 0 spiro atoms. The molecular formula is C19H19N3O. The second kappa shape index (κ2) is 4.75. The first-order valence-corrected chi connectivity index (χ1v) is 8.30. The average molecular weight is 305 g/mol. The van der Waals surface area contributed by atoms with Gasteiger partial charge in [-0.15, -0.1) is 0 Å². The van der Waals surface area contributed by atoms with Crippen LogP contribution in [0.3, 0.4) is 0 Å². The number of nitrogens with one attached hydrogen (secondary N) is 2. The van der Waals surface area contributed by atoms with Crippen molar-refractivity contribution in [2.45, 2.75) is 32.1 Å². The molecule has 116 valence electrons. The Morgan fingerprint density at radius 1 is 1.30 bits per heavy atom. The van der Waals surface area contributed by atoms with Gasteiger partial charge in [-0.3, -0.25) is 0 Å². The number of hydrogen-bond donors (Lipinski definition) is 2. The number of aromatic nitrogens is 2. The van der Waals surface area contributed by atoms with Crippen molar-refractivity contribution < 1.29 is 4.74 Å². The summed E-state index contributed by atoms with van der Waals surface area (Å²) in [5.41, 5.74) is 8.37. The Balaban J connectivity index is 1.65. The molecule has 1 unspecified atom stereocenters. The Labute approximate surface area is 135 Å². The molecule has 23 heavy (non-hydrogen) atoms. The van der Waals surface area contributed by atoms with Gasteiger partial charge in [0.1, 0.15) is 11.5 Å². The lowest BCUT2D eigenvalue weighted by Gasteiger charge is -2.26. The summed E-state index contributed by atoms with van der Waals surface area (Å²) in [5, 5.41) is 0. The van der Waals surface area contributed by atoms with Gasteiger partial charge in [0.25, 0.3) is 0 Å². The standard InChI is InChI=1S/C19H19N3O/c1-11-13-5-2-4-12-10-23-18-9-15(14-6-3-7-20-14)22-16(18)8-17(21-11)19(12)13/h3,6-9,12,20-21H,2,4-5,10H2,1H3/b16-8+. The Morgan fingerprint density at radius 2 is 2.26 bits per heavy atom. The monoisotopic (exact) mass is 305 g/mol. The SMILES string of the molecule is Cc1[nH]c2c3c1CCCC3COC1=CC(c3ccc[nH]3)=N/C1=C/2. The van der Waals surface area contributed by atoms with Crippen LogP contribution in [0.2, 0.25) is 0 Å². The minimum absolute atomic E-state index is 0.493. The molecule has 2 aliphatic heterocycles. The van der Waals surface area contributed by atoms with Gasteiger partial charge in [0, 0.05) is 29.6 Å². The zero-order chi connectivity index (χ0) is 15.4. The molecule has 2 aromatic rings. The number of aromatic amines is 2. The van der Waals surface area contributed by atoms with Crippen LogP contribution in [0.25, 0.3) is 6.08 Å². The normalized spacial score (nSPS) is 24.4. The molecule has 0 fully saturated rings. The zero-order valence-corrected chi connectivity index (χ0v) is 13.1. The minimum atomic E-state index is 0.493. The topological polar surface area (TPSA) is 53.2 Å². The molecule has 1 aliphatic carbocycles. The predicted octanol–water partition coefficient (Wildman–Crippen LogP) is 3.83. The average Bonchev–Trinajstić information content (AvgIpc) is 3.25. The smallest absolute Gasteiger partial charge is 0.147 e. The van der Waals surface area contributed by atoms with Crippen LogP contribution in [-0.2, 0) is 11.2 Å². The highest BCUT2D eigenvalue weighted by Crippen LogP contribution is 2.40. The van der Waals surface area contributed by atoms with Crippen molar-refractivity contribution >= 4 is 11.8 Å². The van der Waals surface area contributed by atoms with Crippen molar-refractivity contribution in [2.24, 2.45) is 4.99 Å². The molecule has 0 saturated carbocycles. The second-order valence-electron chi connectivity index (χ2n) is 6.58. The Bertz CT molecular complexity index is 865. The molecular weight excluding hydrogens is 286 g/mol. The molecule has 3 aliphatic rings. The van der Waals surface area contributed by atoms with Crippen molar-refractivity contribution in [3.05, 3.63) is 64.1 Å². The number of ether oxygens (including phenoxy) is 1. The molecule has 2 N–H and O–H groups in total. The van der Waals surface area contributed by atoms with Crippen LogP contribution in [0.4, 0.5) is 0 Å². The van der Waals surface area contributed by atoms with Crippen molar-refractivity contribution in [1.82, 2.24) is 9.97 Å². The van der Waals surface area contributed by atoms with Crippen LogP contribution in [0.5, 0.6) is 0 Å². The highest BCUT2D eigenvalue weighted by Gasteiger charge is 2.30. The maximum atomic E-state index is 6.14. The van der Waals surface area contributed by atoms with Crippen molar-refractivity contribution in [2.75, 3.05) is 6.61 Å². The Kier molecular flexibility index (Phi) is 2.68. The van der Waals surface area contributed by atoms with Crippen LogP contribution in [-0.4, -0.2) is 22.3 Å². The van der Waals surface area contributed by atoms with Gasteiger partial charge in [-0.25, -0.2) is 4.99 Å². The lowest BCUT2D eigenvalue weighted by atomic mass is 9.83. The first kappa shape index (κ1) is 13.0. The van der Waals surface area contributed by atoms with Gasteiger partial charge in [-0.2, -0.15) is 0 Å². The van der Waals surface area contributed by atoms with Gasteiger partial charge in [-0.1, -0.05) is 0 Å². The maximum Gasteiger partial charge on any atom is 0.147 e. The predicted molar refractivity (Wildman–Crippen MR) is 90.6 cm³/mol. The quantitative estimate of drug-likeness (QED) is 0.826. The number of H-pyrrole nitrogens is 2. The number of aryl methyl sites for hydroxylation is 1. The molecule has 2 aromatic heterocycles. The van der Waals surface area contributed by atoms with E-state index in [0.717, 1.165) is 29.5 Å². The fraction of sp³-hybridized carbons (Fsp3) is 0.316. The molecule has 0 amide bonds. The highest BCUT2D eigenvalue weighted by atomic mass is 16.5. The third-order valence-electron chi connectivity index (χ3n) is 5.13. The number of nitrogens with zero attached hydrogens (tertiary/aromatic N) is 1. The summed E-state index contributed by atoms with van der Waals surface area (Å²) >= 11 is 0. The van der Waals surface area contributed by atoms with Crippen LogP contribution < -0.4 is 0 Å².